The van der Waals surface area contributed by atoms with Crippen LogP contribution < -0.4 is 5.32 Å². The first kappa shape index (κ1) is 15.5. The van der Waals surface area contributed by atoms with Gasteiger partial charge in [-0.25, -0.2) is 4.68 Å². The van der Waals surface area contributed by atoms with Crippen molar-refractivity contribution in [1.82, 2.24) is 15.1 Å². The summed E-state index contributed by atoms with van der Waals surface area (Å²) in [5, 5.41) is 17.6. The Labute approximate surface area is 136 Å². The van der Waals surface area contributed by atoms with Crippen LogP contribution in [0.4, 0.5) is 0 Å². The van der Waals surface area contributed by atoms with E-state index in [0.717, 1.165) is 22.5 Å². The summed E-state index contributed by atoms with van der Waals surface area (Å²) in [4.78, 5) is 0. The molecular formula is C19H21N3O. The molecule has 4 heteroatoms. The van der Waals surface area contributed by atoms with Crippen molar-refractivity contribution < 1.29 is 5.11 Å². The fraction of sp³-hybridized carbons (Fsp3) is 0.211. The van der Waals surface area contributed by atoms with Gasteiger partial charge in [0.05, 0.1) is 24.0 Å². The predicted octanol–water partition coefficient (Wildman–Crippen LogP) is 3.00. The lowest BCUT2D eigenvalue weighted by molar-refractivity contribution is 0.243. The van der Waals surface area contributed by atoms with Crippen LogP contribution in [0.2, 0.25) is 0 Å². The maximum Gasteiger partial charge on any atom is 0.0645 e. The van der Waals surface area contributed by atoms with Crippen molar-refractivity contribution in [2.75, 3.05) is 6.61 Å². The highest BCUT2D eigenvalue weighted by atomic mass is 16.3. The van der Waals surface area contributed by atoms with Crippen LogP contribution in [0, 0.1) is 6.92 Å². The van der Waals surface area contributed by atoms with Gasteiger partial charge in [0.1, 0.15) is 0 Å². The SMILES string of the molecule is Cc1nn(-c2ccccc2)cc1CN[C@H](CO)c1ccccc1. The highest BCUT2D eigenvalue weighted by molar-refractivity contribution is 5.32. The Morgan fingerprint density at radius 2 is 1.70 bits per heavy atom. The Hall–Kier alpha value is -2.43. The molecule has 0 radical (unpaired) electrons. The number of aryl methyl sites for hydroxylation is 1. The van der Waals surface area contributed by atoms with Crippen molar-refractivity contribution >= 4 is 0 Å². The molecule has 0 aliphatic heterocycles. The summed E-state index contributed by atoms with van der Waals surface area (Å²) in [6, 6.07) is 20.0. The van der Waals surface area contributed by atoms with Crippen molar-refractivity contribution in [1.29, 1.82) is 0 Å². The van der Waals surface area contributed by atoms with Gasteiger partial charge in [-0.3, -0.25) is 0 Å². The minimum atomic E-state index is -0.0734. The van der Waals surface area contributed by atoms with E-state index in [1.165, 1.54) is 0 Å². The van der Waals surface area contributed by atoms with Gasteiger partial charge in [-0.2, -0.15) is 5.10 Å². The number of aliphatic hydroxyl groups is 1. The van der Waals surface area contributed by atoms with Gasteiger partial charge in [-0.1, -0.05) is 48.5 Å². The molecule has 0 aliphatic rings. The second-order valence-electron chi connectivity index (χ2n) is 5.55. The van der Waals surface area contributed by atoms with E-state index in [1.54, 1.807) is 0 Å². The molecule has 2 aromatic carbocycles. The van der Waals surface area contributed by atoms with E-state index in [9.17, 15) is 5.11 Å². The molecule has 4 nitrogen and oxygen atoms in total. The molecule has 2 N–H and O–H groups in total. The molecule has 1 atom stereocenters. The number of hydrogen-bond acceptors (Lipinski definition) is 3. The van der Waals surface area contributed by atoms with Crippen molar-refractivity contribution in [3.63, 3.8) is 0 Å². The fourth-order valence-corrected chi connectivity index (χ4v) is 2.59. The molecule has 0 saturated heterocycles. The number of nitrogens with one attached hydrogen (secondary N) is 1. The molecule has 23 heavy (non-hydrogen) atoms. The summed E-state index contributed by atoms with van der Waals surface area (Å²) in [7, 11) is 0. The van der Waals surface area contributed by atoms with Crippen LogP contribution in [0.3, 0.4) is 0 Å². The monoisotopic (exact) mass is 307 g/mol. The van der Waals surface area contributed by atoms with E-state index in [0.29, 0.717) is 6.54 Å². The van der Waals surface area contributed by atoms with Crippen LogP contribution >= 0.6 is 0 Å². The molecule has 3 rings (SSSR count). The van der Waals surface area contributed by atoms with Crippen LogP contribution in [0.5, 0.6) is 0 Å². The highest BCUT2D eigenvalue weighted by Crippen LogP contribution is 2.15. The lowest BCUT2D eigenvalue weighted by atomic mass is 10.1. The van der Waals surface area contributed by atoms with Gasteiger partial charge < -0.3 is 10.4 Å². The van der Waals surface area contributed by atoms with Gasteiger partial charge in [0.2, 0.25) is 0 Å². The average molecular weight is 307 g/mol. The first-order chi connectivity index (χ1) is 11.3. The van der Waals surface area contributed by atoms with Crippen LogP contribution in [0.1, 0.15) is 22.9 Å². The first-order valence-corrected chi connectivity index (χ1v) is 7.77. The van der Waals surface area contributed by atoms with E-state index in [4.69, 9.17) is 0 Å². The standard InChI is InChI=1S/C19H21N3O/c1-15-17(13-22(21-15)18-10-6-3-7-11-18)12-20-19(14-23)16-8-4-2-5-9-16/h2-11,13,19-20,23H,12,14H2,1H3/t19-/m1/s1. The molecular weight excluding hydrogens is 286 g/mol. The molecule has 0 bridgehead atoms. The van der Waals surface area contributed by atoms with E-state index in [2.05, 4.69) is 10.4 Å². The quantitative estimate of drug-likeness (QED) is 0.736. The normalized spacial score (nSPS) is 12.3. The highest BCUT2D eigenvalue weighted by Gasteiger charge is 2.12. The third-order valence-electron chi connectivity index (χ3n) is 3.94. The van der Waals surface area contributed by atoms with Gasteiger partial charge in [0, 0.05) is 18.3 Å². The van der Waals surface area contributed by atoms with E-state index < -0.39 is 0 Å². The van der Waals surface area contributed by atoms with Crippen LogP contribution in [-0.2, 0) is 6.54 Å². The van der Waals surface area contributed by atoms with Crippen LogP contribution in [-0.4, -0.2) is 21.5 Å². The minimum absolute atomic E-state index is 0.0654. The summed E-state index contributed by atoms with van der Waals surface area (Å²) in [6.45, 7) is 2.74. The lowest BCUT2D eigenvalue weighted by Crippen LogP contribution is -2.24. The number of hydrogen-bond donors (Lipinski definition) is 2. The molecule has 0 amide bonds. The van der Waals surface area contributed by atoms with Gasteiger partial charge >= 0.3 is 0 Å². The molecule has 118 valence electrons. The maximum atomic E-state index is 9.63. The molecule has 3 aromatic rings. The second kappa shape index (κ2) is 7.22. The Morgan fingerprint density at radius 1 is 1.04 bits per heavy atom. The Kier molecular flexibility index (Phi) is 4.86. The van der Waals surface area contributed by atoms with E-state index in [-0.39, 0.29) is 12.6 Å². The number of para-hydroxylation sites is 1. The third kappa shape index (κ3) is 3.67. The number of rotatable bonds is 6. The Morgan fingerprint density at radius 3 is 2.35 bits per heavy atom. The molecule has 1 aromatic heterocycles. The van der Waals surface area contributed by atoms with Gasteiger partial charge in [0.25, 0.3) is 0 Å². The van der Waals surface area contributed by atoms with Gasteiger partial charge in [0.15, 0.2) is 0 Å². The second-order valence-corrected chi connectivity index (χ2v) is 5.55. The van der Waals surface area contributed by atoms with Crippen LogP contribution in [0.25, 0.3) is 5.69 Å². The summed E-state index contributed by atoms with van der Waals surface area (Å²) in [5.41, 5.74) is 4.25. The predicted molar refractivity (Wildman–Crippen MR) is 91.4 cm³/mol. The Balaban J connectivity index is 1.72. The summed E-state index contributed by atoms with van der Waals surface area (Å²) in [6.07, 6.45) is 2.04. The zero-order chi connectivity index (χ0) is 16.1. The topological polar surface area (TPSA) is 50.1 Å². The largest absolute Gasteiger partial charge is 0.394 e. The molecule has 0 unspecified atom stereocenters. The molecule has 0 fully saturated rings. The van der Waals surface area contributed by atoms with Gasteiger partial charge in [-0.05, 0) is 24.6 Å². The number of aromatic nitrogens is 2. The van der Waals surface area contributed by atoms with Crippen LogP contribution in [0.15, 0.2) is 66.9 Å². The summed E-state index contributed by atoms with van der Waals surface area (Å²) in [5.74, 6) is 0. The van der Waals surface area contributed by atoms with E-state index in [1.807, 2.05) is 78.5 Å². The summed E-state index contributed by atoms with van der Waals surface area (Å²) < 4.78 is 1.89. The molecule has 1 heterocycles. The Bertz CT molecular complexity index is 738. The molecule has 0 aliphatic carbocycles. The zero-order valence-electron chi connectivity index (χ0n) is 13.2. The summed E-state index contributed by atoms with van der Waals surface area (Å²) >= 11 is 0. The van der Waals surface area contributed by atoms with Crippen molar-refractivity contribution in [3.05, 3.63) is 83.7 Å². The maximum absolute atomic E-state index is 9.63. The van der Waals surface area contributed by atoms with Gasteiger partial charge in [-0.15, -0.1) is 0 Å². The number of nitrogens with zero attached hydrogens (tertiary/aromatic N) is 2. The molecule has 0 spiro atoms. The van der Waals surface area contributed by atoms with Crippen molar-refractivity contribution in [2.24, 2.45) is 0 Å². The number of benzene rings is 2. The number of aliphatic hydroxyl groups excluding tert-OH is 1. The third-order valence-corrected chi connectivity index (χ3v) is 3.94. The molecule has 0 saturated carbocycles. The average Bonchev–Trinajstić information content (AvgIpc) is 2.98. The van der Waals surface area contributed by atoms with Crippen molar-refractivity contribution in [3.8, 4) is 5.69 Å². The van der Waals surface area contributed by atoms with Crippen molar-refractivity contribution in [2.45, 2.75) is 19.5 Å². The fourth-order valence-electron chi connectivity index (χ4n) is 2.59. The minimum Gasteiger partial charge on any atom is -0.394 e. The van der Waals surface area contributed by atoms with E-state index >= 15 is 0 Å². The zero-order valence-corrected chi connectivity index (χ0v) is 13.2. The first-order valence-electron chi connectivity index (χ1n) is 7.77. The smallest absolute Gasteiger partial charge is 0.0645 e. The lowest BCUT2D eigenvalue weighted by Gasteiger charge is -2.16.